The highest BCUT2D eigenvalue weighted by atomic mass is 16.7. The molecule has 1 amide bonds. The predicted molar refractivity (Wildman–Crippen MR) is 101 cm³/mol. The third-order valence-corrected chi connectivity index (χ3v) is 5.27. The maximum atomic E-state index is 12.1. The molecule has 0 saturated heterocycles. The van der Waals surface area contributed by atoms with Crippen LogP contribution in [0.1, 0.15) is 54.5 Å². The SMILES string of the molecule is O=C(/C=C/c1ccc2c(c1)OCO2)NCCn1nc(C2CC2)cc1C1CC1. The van der Waals surface area contributed by atoms with Gasteiger partial charge in [-0.1, -0.05) is 6.07 Å². The van der Waals surface area contributed by atoms with Gasteiger partial charge in [0.15, 0.2) is 11.5 Å². The molecule has 2 aliphatic carbocycles. The normalized spacial score (nSPS) is 18.2. The summed E-state index contributed by atoms with van der Waals surface area (Å²) in [6, 6.07) is 7.92. The maximum absolute atomic E-state index is 12.1. The predicted octanol–water partition coefficient (Wildman–Crippen LogP) is 3.20. The Morgan fingerprint density at radius 2 is 1.96 bits per heavy atom. The summed E-state index contributed by atoms with van der Waals surface area (Å²) in [5, 5.41) is 7.73. The molecule has 0 unspecified atom stereocenters. The fourth-order valence-corrected chi connectivity index (χ4v) is 3.45. The third-order valence-electron chi connectivity index (χ3n) is 5.27. The van der Waals surface area contributed by atoms with Crippen LogP contribution in [0.5, 0.6) is 11.5 Å². The van der Waals surface area contributed by atoms with Gasteiger partial charge in [-0.15, -0.1) is 0 Å². The number of carbonyl (C=O) groups excluding carboxylic acids is 1. The second-order valence-corrected chi connectivity index (χ2v) is 7.50. The number of ether oxygens (including phenoxy) is 2. The summed E-state index contributed by atoms with van der Waals surface area (Å²) in [5.41, 5.74) is 3.50. The average molecular weight is 365 g/mol. The Labute approximate surface area is 158 Å². The minimum atomic E-state index is -0.102. The van der Waals surface area contributed by atoms with E-state index in [1.54, 1.807) is 12.2 Å². The molecular formula is C21H23N3O3. The first-order chi connectivity index (χ1) is 13.3. The zero-order valence-corrected chi connectivity index (χ0v) is 15.2. The van der Waals surface area contributed by atoms with E-state index in [0.29, 0.717) is 18.4 Å². The number of benzene rings is 1. The van der Waals surface area contributed by atoms with Crippen molar-refractivity contribution in [2.75, 3.05) is 13.3 Å². The van der Waals surface area contributed by atoms with Crippen LogP contribution in [0.15, 0.2) is 30.3 Å². The summed E-state index contributed by atoms with van der Waals surface area (Å²) < 4.78 is 12.7. The van der Waals surface area contributed by atoms with Gasteiger partial charge in [0.25, 0.3) is 0 Å². The minimum Gasteiger partial charge on any atom is -0.454 e. The van der Waals surface area contributed by atoms with Crippen molar-refractivity contribution in [1.82, 2.24) is 15.1 Å². The number of aromatic nitrogens is 2. The standard InChI is InChI=1S/C21H23N3O3/c25-21(8-2-14-1-7-19-20(11-14)27-13-26-19)22-9-10-24-18(16-5-6-16)12-17(23-24)15-3-4-15/h1-2,7-8,11-12,15-16H,3-6,9-10,13H2,(H,22,25)/b8-2+. The molecule has 6 heteroatoms. The highest BCUT2D eigenvalue weighted by Gasteiger charge is 2.32. The lowest BCUT2D eigenvalue weighted by Crippen LogP contribution is -2.26. The first kappa shape index (κ1) is 16.4. The number of nitrogens with zero attached hydrogens (tertiary/aromatic N) is 2. The first-order valence-corrected chi connectivity index (χ1v) is 9.69. The molecule has 140 valence electrons. The molecule has 2 saturated carbocycles. The van der Waals surface area contributed by atoms with E-state index in [-0.39, 0.29) is 12.7 Å². The molecule has 2 aromatic rings. The van der Waals surface area contributed by atoms with Crippen LogP contribution in [0, 0.1) is 0 Å². The highest BCUT2D eigenvalue weighted by molar-refractivity contribution is 5.91. The number of amides is 1. The van der Waals surface area contributed by atoms with Gasteiger partial charge in [0.2, 0.25) is 12.7 Å². The molecule has 2 heterocycles. The minimum absolute atomic E-state index is 0.102. The Morgan fingerprint density at radius 3 is 2.78 bits per heavy atom. The third kappa shape index (κ3) is 3.70. The molecule has 1 aromatic heterocycles. The second kappa shape index (κ2) is 6.76. The molecule has 27 heavy (non-hydrogen) atoms. The van der Waals surface area contributed by atoms with Gasteiger partial charge in [-0.05, 0) is 55.5 Å². The van der Waals surface area contributed by atoms with Gasteiger partial charge in [0.05, 0.1) is 12.2 Å². The van der Waals surface area contributed by atoms with Crippen LogP contribution in [0.3, 0.4) is 0 Å². The van der Waals surface area contributed by atoms with Gasteiger partial charge in [0, 0.05) is 30.2 Å². The summed E-state index contributed by atoms with van der Waals surface area (Å²) in [6.07, 6.45) is 8.40. The lowest BCUT2D eigenvalue weighted by atomic mass is 10.2. The van der Waals surface area contributed by atoms with Crippen LogP contribution < -0.4 is 14.8 Å². The van der Waals surface area contributed by atoms with E-state index in [9.17, 15) is 4.79 Å². The number of nitrogens with one attached hydrogen (secondary N) is 1. The largest absolute Gasteiger partial charge is 0.454 e. The number of fused-ring (bicyclic) bond motifs is 1. The van der Waals surface area contributed by atoms with E-state index in [4.69, 9.17) is 14.6 Å². The quantitative estimate of drug-likeness (QED) is 0.766. The van der Waals surface area contributed by atoms with E-state index >= 15 is 0 Å². The fraction of sp³-hybridized carbons (Fsp3) is 0.429. The molecule has 0 bridgehead atoms. The van der Waals surface area contributed by atoms with Crippen LogP contribution in [0.2, 0.25) is 0 Å². The van der Waals surface area contributed by atoms with Crippen LogP contribution in [0.4, 0.5) is 0 Å². The fourth-order valence-electron chi connectivity index (χ4n) is 3.45. The van der Waals surface area contributed by atoms with Crippen molar-refractivity contribution in [3.8, 4) is 11.5 Å². The number of hydrogen-bond acceptors (Lipinski definition) is 4. The van der Waals surface area contributed by atoms with E-state index in [1.165, 1.54) is 37.1 Å². The van der Waals surface area contributed by atoms with Crippen molar-refractivity contribution in [2.45, 2.75) is 44.1 Å². The summed E-state index contributed by atoms with van der Waals surface area (Å²) in [4.78, 5) is 12.1. The molecule has 0 radical (unpaired) electrons. The highest BCUT2D eigenvalue weighted by Crippen LogP contribution is 2.44. The Kier molecular flexibility index (Phi) is 4.11. The van der Waals surface area contributed by atoms with Gasteiger partial charge in [-0.2, -0.15) is 5.10 Å². The lowest BCUT2D eigenvalue weighted by Gasteiger charge is -2.07. The van der Waals surface area contributed by atoms with Gasteiger partial charge < -0.3 is 14.8 Å². The van der Waals surface area contributed by atoms with Crippen LogP contribution in [-0.2, 0) is 11.3 Å². The van der Waals surface area contributed by atoms with Gasteiger partial charge >= 0.3 is 0 Å². The van der Waals surface area contributed by atoms with Crippen molar-refractivity contribution in [2.24, 2.45) is 0 Å². The van der Waals surface area contributed by atoms with Gasteiger partial charge in [0.1, 0.15) is 0 Å². The molecule has 1 aromatic carbocycles. The zero-order chi connectivity index (χ0) is 18.2. The first-order valence-electron chi connectivity index (χ1n) is 9.69. The summed E-state index contributed by atoms with van der Waals surface area (Å²) in [5.74, 6) is 2.70. The van der Waals surface area contributed by atoms with Crippen molar-refractivity contribution >= 4 is 12.0 Å². The smallest absolute Gasteiger partial charge is 0.244 e. The van der Waals surface area contributed by atoms with E-state index < -0.39 is 0 Å². The van der Waals surface area contributed by atoms with E-state index in [0.717, 1.165) is 23.6 Å². The maximum Gasteiger partial charge on any atom is 0.244 e. The van der Waals surface area contributed by atoms with Crippen molar-refractivity contribution in [1.29, 1.82) is 0 Å². The molecule has 5 rings (SSSR count). The molecule has 3 aliphatic rings. The second-order valence-electron chi connectivity index (χ2n) is 7.50. The Morgan fingerprint density at radius 1 is 1.15 bits per heavy atom. The zero-order valence-electron chi connectivity index (χ0n) is 15.2. The summed E-state index contributed by atoms with van der Waals surface area (Å²) in [7, 11) is 0. The molecule has 6 nitrogen and oxygen atoms in total. The molecule has 0 spiro atoms. The average Bonchev–Trinajstić information content (AvgIpc) is 3.61. The number of hydrogen-bond donors (Lipinski definition) is 1. The topological polar surface area (TPSA) is 65.4 Å². The van der Waals surface area contributed by atoms with E-state index in [2.05, 4.69) is 16.1 Å². The Balaban J connectivity index is 1.15. The Hall–Kier alpha value is -2.76. The molecular weight excluding hydrogens is 342 g/mol. The lowest BCUT2D eigenvalue weighted by molar-refractivity contribution is -0.116. The summed E-state index contributed by atoms with van der Waals surface area (Å²) >= 11 is 0. The molecule has 1 N–H and O–H groups in total. The van der Waals surface area contributed by atoms with Crippen LogP contribution in [-0.4, -0.2) is 29.0 Å². The monoisotopic (exact) mass is 365 g/mol. The Bertz CT molecular complexity index is 894. The van der Waals surface area contributed by atoms with Crippen molar-refractivity contribution in [3.63, 3.8) is 0 Å². The van der Waals surface area contributed by atoms with Gasteiger partial charge in [-0.3, -0.25) is 9.48 Å². The van der Waals surface area contributed by atoms with Crippen molar-refractivity contribution < 1.29 is 14.3 Å². The van der Waals surface area contributed by atoms with E-state index in [1.807, 2.05) is 18.2 Å². The molecule has 0 atom stereocenters. The van der Waals surface area contributed by atoms with Crippen molar-refractivity contribution in [3.05, 3.63) is 47.3 Å². The van der Waals surface area contributed by atoms with Crippen LogP contribution >= 0.6 is 0 Å². The molecule has 2 fully saturated rings. The summed E-state index contributed by atoms with van der Waals surface area (Å²) in [6.45, 7) is 1.56. The molecule has 1 aliphatic heterocycles. The van der Waals surface area contributed by atoms with Crippen LogP contribution in [0.25, 0.3) is 6.08 Å². The number of rotatable bonds is 7. The van der Waals surface area contributed by atoms with Gasteiger partial charge in [-0.25, -0.2) is 0 Å². The number of carbonyl (C=O) groups is 1.